The number of nitriles is 1. The van der Waals surface area contributed by atoms with Crippen molar-refractivity contribution in [2.45, 2.75) is 33.1 Å². The lowest BCUT2D eigenvalue weighted by Gasteiger charge is -2.29. The van der Waals surface area contributed by atoms with Crippen molar-refractivity contribution in [2.24, 2.45) is 5.92 Å². The van der Waals surface area contributed by atoms with Crippen LogP contribution in [0.25, 0.3) is 27.9 Å². The van der Waals surface area contributed by atoms with Crippen LogP contribution in [0.2, 0.25) is 0 Å². The largest absolute Gasteiger partial charge is 0.491 e. The first-order valence-electron chi connectivity index (χ1n) is 12.3. The zero-order valence-corrected chi connectivity index (χ0v) is 20.7. The Hall–Kier alpha value is -3.69. The molecule has 6 nitrogen and oxygen atoms in total. The van der Waals surface area contributed by atoms with Crippen LogP contribution in [-0.4, -0.2) is 46.0 Å². The summed E-state index contributed by atoms with van der Waals surface area (Å²) in [6.07, 6.45) is 8.98. The van der Waals surface area contributed by atoms with Gasteiger partial charge < -0.3 is 9.64 Å². The molecule has 4 heterocycles. The summed E-state index contributed by atoms with van der Waals surface area (Å²) < 4.78 is 8.58. The number of pyridine rings is 2. The van der Waals surface area contributed by atoms with Crippen LogP contribution in [0.3, 0.4) is 0 Å². The van der Waals surface area contributed by atoms with E-state index in [1.807, 2.05) is 43.0 Å². The highest BCUT2D eigenvalue weighted by atomic mass is 16.5. The van der Waals surface area contributed by atoms with E-state index in [1.54, 1.807) is 0 Å². The van der Waals surface area contributed by atoms with Gasteiger partial charge >= 0.3 is 0 Å². The Morgan fingerprint density at radius 1 is 1.14 bits per heavy atom. The zero-order chi connectivity index (χ0) is 24.4. The van der Waals surface area contributed by atoms with Crippen LogP contribution in [0.4, 0.5) is 0 Å². The molecule has 0 amide bonds. The molecule has 0 bridgehead atoms. The van der Waals surface area contributed by atoms with E-state index in [-0.39, 0.29) is 0 Å². The van der Waals surface area contributed by atoms with Gasteiger partial charge in [-0.3, -0.25) is 9.38 Å². The zero-order valence-electron chi connectivity index (χ0n) is 20.7. The molecule has 35 heavy (non-hydrogen) atoms. The highest BCUT2D eigenvalue weighted by Gasteiger charge is 2.21. The molecule has 178 valence electrons. The van der Waals surface area contributed by atoms with E-state index in [9.17, 15) is 5.26 Å². The SMILES string of the molecule is CCc1cc(-c2c(-c3ccc(C#N)cc3)cc(OC[C@@H]3CCCN(C)C3)c3cncn23)cnc1C. The molecule has 1 saturated heterocycles. The number of hydrogen-bond acceptors (Lipinski definition) is 5. The fraction of sp³-hybridized carbons (Fsp3) is 0.345. The van der Waals surface area contributed by atoms with Crippen molar-refractivity contribution >= 4 is 5.52 Å². The summed E-state index contributed by atoms with van der Waals surface area (Å²) in [6.45, 7) is 7.11. The standard InChI is InChI=1S/C29H31N5O/c1-4-23-12-25(15-32-20(23)2)29-26(24-9-7-21(14-30)8-10-24)13-28(27-16-31-19-34(27)29)35-18-22-6-5-11-33(3)17-22/h7-10,12-13,15-16,19,22H,4-6,11,17-18H2,1-3H3/t22-/m1/s1. The maximum Gasteiger partial charge on any atom is 0.145 e. The summed E-state index contributed by atoms with van der Waals surface area (Å²) in [5.74, 6) is 1.35. The molecule has 1 aliphatic heterocycles. The van der Waals surface area contributed by atoms with E-state index in [0.717, 1.165) is 58.9 Å². The van der Waals surface area contributed by atoms with Crippen molar-refractivity contribution in [3.05, 3.63) is 71.9 Å². The van der Waals surface area contributed by atoms with Gasteiger partial charge in [0, 0.05) is 35.5 Å². The van der Waals surface area contributed by atoms with Gasteiger partial charge in [0.25, 0.3) is 0 Å². The number of likely N-dealkylation sites (tertiary alicyclic amines) is 1. The number of imidazole rings is 1. The number of piperidine rings is 1. The maximum atomic E-state index is 9.29. The van der Waals surface area contributed by atoms with Crippen LogP contribution >= 0.6 is 0 Å². The first-order valence-corrected chi connectivity index (χ1v) is 12.3. The summed E-state index contributed by atoms with van der Waals surface area (Å²) in [4.78, 5) is 11.6. The minimum absolute atomic E-state index is 0.517. The average molecular weight is 466 g/mol. The molecule has 3 aromatic heterocycles. The predicted molar refractivity (Wildman–Crippen MR) is 138 cm³/mol. The third-order valence-corrected chi connectivity index (χ3v) is 7.03. The van der Waals surface area contributed by atoms with Crippen molar-refractivity contribution in [1.82, 2.24) is 19.3 Å². The molecule has 5 rings (SSSR count). The molecule has 1 aromatic carbocycles. The number of ether oxygens (including phenoxy) is 1. The summed E-state index contributed by atoms with van der Waals surface area (Å²) in [7, 11) is 2.18. The van der Waals surface area contributed by atoms with Gasteiger partial charge in [0.15, 0.2) is 0 Å². The lowest BCUT2D eigenvalue weighted by atomic mass is 9.97. The summed E-state index contributed by atoms with van der Waals surface area (Å²) in [5, 5.41) is 9.29. The van der Waals surface area contributed by atoms with Gasteiger partial charge in [-0.15, -0.1) is 0 Å². The minimum atomic E-state index is 0.517. The van der Waals surface area contributed by atoms with Crippen molar-refractivity contribution < 1.29 is 4.74 Å². The number of fused-ring (bicyclic) bond motifs is 1. The predicted octanol–water partition coefficient (Wildman–Crippen LogP) is 5.53. The summed E-state index contributed by atoms with van der Waals surface area (Å²) in [5.41, 5.74) is 7.98. The molecule has 0 radical (unpaired) electrons. The molecule has 0 N–H and O–H groups in total. The van der Waals surface area contributed by atoms with Gasteiger partial charge in [-0.05, 0) is 75.2 Å². The van der Waals surface area contributed by atoms with Crippen molar-refractivity contribution in [2.75, 3.05) is 26.7 Å². The average Bonchev–Trinajstić information content (AvgIpc) is 3.37. The Kier molecular flexibility index (Phi) is 6.52. The number of nitrogens with zero attached hydrogens (tertiary/aromatic N) is 5. The van der Waals surface area contributed by atoms with Crippen LogP contribution in [0, 0.1) is 24.2 Å². The molecule has 6 heteroatoms. The lowest BCUT2D eigenvalue weighted by molar-refractivity contribution is 0.151. The highest BCUT2D eigenvalue weighted by Crippen LogP contribution is 2.38. The Balaban J connectivity index is 1.64. The quantitative estimate of drug-likeness (QED) is 0.375. The summed E-state index contributed by atoms with van der Waals surface area (Å²) >= 11 is 0. The third kappa shape index (κ3) is 4.65. The number of hydrogen-bond donors (Lipinski definition) is 0. The van der Waals surface area contributed by atoms with Crippen LogP contribution in [0.15, 0.2) is 55.1 Å². The third-order valence-electron chi connectivity index (χ3n) is 7.03. The summed E-state index contributed by atoms with van der Waals surface area (Å²) in [6, 6.07) is 14.3. The highest BCUT2D eigenvalue weighted by molar-refractivity contribution is 5.86. The fourth-order valence-corrected chi connectivity index (χ4v) is 5.10. The van der Waals surface area contributed by atoms with Crippen LogP contribution < -0.4 is 4.74 Å². The Labute approximate surface area is 206 Å². The molecule has 0 unspecified atom stereocenters. The van der Waals surface area contributed by atoms with Gasteiger partial charge in [-0.25, -0.2) is 4.98 Å². The van der Waals surface area contributed by atoms with Crippen molar-refractivity contribution in [3.63, 3.8) is 0 Å². The van der Waals surface area contributed by atoms with Gasteiger partial charge in [-0.2, -0.15) is 5.26 Å². The first kappa shape index (κ1) is 23.1. The van der Waals surface area contributed by atoms with Gasteiger partial charge in [0.1, 0.15) is 11.3 Å². The Morgan fingerprint density at radius 2 is 1.97 bits per heavy atom. The van der Waals surface area contributed by atoms with E-state index >= 15 is 0 Å². The molecule has 4 aromatic rings. The van der Waals surface area contributed by atoms with Gasteiger partial charge in [0.05, 0.1) is 36.5 Å². The van der Waals surface area contributed by atoms with E-state index in [0.29, 0.717) is 18.1 Å². The minimum Gasteiger partial charge on any atom is -0.491 e. The molecule has 0 aliphatic carbocycles. The lowest BCUT2D eigenvalue weighted by Crippen LogP contribution is -2.34. The molecular formula is C29H31N5O. The Bertz CT molecular complexity index is 1380. The topological polar surface area (TPSA) is 66.5 Å². The molecule has 0 spiro atoms. The molecule has 1 aliphatic rings. The van der Waals surface area contributed by atoms with Gasteiger partial charge in [-0.1, -0.05) is 19.1 Å². The Morgan fingerprint density at radius 3 is 2.71 bits per heavy atom. The van der Waals surface area contributed by atoms with Crippen LogP contribution in [0.5, 0.6) is 5.75 Å². The van der Waals surface area contributed by atoms with Crippen LogP contribution in [-0.2, 0) is 6.42 Å². The van der Waals surface area contributed by atoms with Crippen molar-refractivity contribution in [3.8, 4) is 34.2 Å². The van der Waals surface area contributed by atoms with Crippen LogP contribution in [0.1, 0.15) is 36.6 Å². The van der Waals surface area contributed by atoms with Gasteiger partial charge in [0.2, 0.25) is 0 Å². The number of benzene rings is 1. The molecule has 1 atom stereocenters. The maximum absolute atomic E-state index is 9.29. The number of aryl methyl sites for hydroxylation is 2. The normalized spacial score (nSPS) is 16.3. The smallest absolute Gasteiger partial charge is 0.145 e. The molecule has 0 saturated carbocycles. The molecular weight excluding hydrogens is 434 g/mol. The second kappa shape index (κ2) is 9.89. The van der Waals surface area contributed by atoms with E-state index in [4.69, 9.17) is 9.72 Å². The van der Waals surface area contributed by atoms with Crippen molar-refractivity contribution in [1.29, 1.82) is 5.26 Å². The van der Waals surface area contributed by atoms with E-state index in [2.05, 4.69) is 53.4 Å². The number of rotatable bonds is 6. The monoisotopic (exact) mass is 465 g/mol. The second-order valence-corrected chi connectivity index (χ2v) is 9.51. The second-order valence-electron chi connectivity index (χ2n) is 9.51. The first-order chi connectivity index (χ1) is 17.1. The number of aromatic nitrogens is 3. The van der Waals surface area contributed by atoms with E-state index in [1.165, 1.54) is 18.4 Å². The molecule has 1 fully saturated rings. The van der Waals surface area contributed by atoms with E-state index < -0.39 is 0 Å². The fourth-order valence-electron chi connectivity index (χ4n) is 5.10.